The van der Waals surface area contributed by atoms with Gasteiger partial charge in [0.15, 0.2) is 0 Å². The average Bonchev–Trinajstić information content (AvgIpc) is 2.36. The first kappa shape index (κ1) is 16.2. The van der Waals surface area contributed by atoms with E-state index >= 15 is 0 Å². The van der Waals surface area contributed by atoms with Crippen molar-refractivity contribution >= 4 is 11.7 Å². The Balaban J connectivity index is 2.39. The molecule has 3 nitrogen and oxygen atoms in total. The highest BCUT2D eigenvalue weighted by Crippen LogP contribution is 2.25. The van der Waals surface area contributed by atoms with Gasteiger partial charge in [0, 0.05) is 18.4 Å². The quantitative estimate of drug-likeness (QED) is 0.767. The van der Waals surface area contributed by atoms with Crippen LogP contribution in [0, 0.1) is 11.8 Å². The molecule has 0 bridgehead atoms. The maximum atomic E-state index is 12.0. The Morgan fingerprint density at radius 3 is 2.58 bits per heavy atom. The zero-order valence-electron chi connectivity index (χ0n) is 12.7. The first-order valence-electron chi connectivity index (χ1n) is 7.84. The summed E-state index contributed by atoms with van der Waals surface area (Å²) in [6.07, 6.45) is 8.22. The minimum absolute atomic E-state index is 0.0450. The van der Waals surface area contributed by atoms with Crippen molar-refractivity contribution in [2.24, 2.45) is 11.8 Å². The van der Waals surface area contributed by atoms with Crippen molar-refractivity contribution in [3.05, 3.63) is 0 Å². The van der Waals surface area contributed by atoms with Crippen LogP contribution < -0.4 is 5.32 Å². The number of amides is 1. The van der Waals surface area contributed by atoms with Gasteiger partial charge in [-0.15, -0.1) is 0 Å². The molecule has 3 unspecified atom stereocenters. The van der Waals surface area contributed by atoms with Gasteiger partial charge in [0.05, 0.1) is 0 Å². The second kappa shape index (κ2) is 8.34. The molecule has 0 aliphatic heterocycles. The number of unbranched alkanes of at least 4 members (excludes halogenated alkanes) is 1. The number of ketones is 1. The van der Waals surface area contributed by atoms with Crippen LogP contribution in [0.25, 0.3) is 0 Å². The Kier molecular flexibility index (Phi) is 7.11. The monoisotopic (exact) mass is 267 g/mol. The van der Waals surface area contributed by atoms with Crippen molar-refractivity contribution in [3.63, 3.8) is 0 Å². The molecule has 0 aromatic heterocycles. The number of Topliss-reactive ketones (excluding diaryl/α,β-unsaturated/α-hetero) is 1. The molecule has 1 amide bonds. The summed E-state index contributed by atoms with van der Waals surface area (Å²) in [6.45, 7) is 5.96. The molecule has 1 fully saturated rings. The molecule has 0 radical (unpaired) electrons. The molecule has 1 aliphatic rings. The Hall–Kier alpha value is -0.860. The van der Waals surface area contributed by atoms with E-state index in [1.54, 1.807) is 6.92 Å². The van der Waals surface area contributed by atoms with Gasteiger partial charge in [-0.1, -0.05) is 46.0 Å². The number of hydrogen-bond donors (Lipinski definition) is 1. The molecule has 0 aromatic rings. The third kappa shape index (κ3) is 5.75. The second-order valence-corrected chi connectivity index (χ2v) is 6.13. The van der Waals surface area contributed by atoms with E-state index in [4.69, 9.17) is 0 Å². The van der Waals surface area contributed by atoms with Crippen molar-refractivity contribution in [2.45, 2.75) is 78.2 Å². The summed E-state index contributed by atoms with van der Waals surface area (Å²) in [5, 5.41) is 3.10. The zero-order valence-corrected chi connectivity index (χ0v) is 12.7. The zero-order chi connectivity index (χ0) is 14.3. The van der Waals surface area contributed by atoms with Crippen LogP contribution in [-0.4, -0.2) is 17.7 Å². The van der Waals surface area contributed by atoms with Gasteiger partial charge in [0.2, 0.25) is 5.91 Å². The molecule has 110 valence electrons. The van der Waals surface area contributed by atoms with Crippen molar-refractivity contribution in [1.29, 1.82) is 0 Å². The Bertz CT molecular complexity index is 301. The average molecular weight is 267 g/mol. The molecule has 1 rings (SSSR count). The summed E-state index contributed by atoms with van der Waals surface area (Å²) in [5.74, 6) is 0.841. The molecule has 0 saturated heterocycles. The lowest BCUT2D eigenvalue weighted by molar-refractivity contribution is -0.126. The number of carbonyl (C=O) groups is 2. The first-order chi connectivity index (χ1) is 9.04. The summed E-state index contributed by atoms with van der Waals surface area (Å²) in [6, 6.07) is 0.0807. The normalized spacial score (nSPS) is 24.8. The Labute approximate surface area is 117 Å². The van der Waals surface area contributed by atoms with Crippen LogP contribution in [0.3, 0.4) is 0 Å². The molecule has 3 heteroatoms. The summed E-state index contributed by atoms with van der Waals surface area (Å²) in [7, 11) is 0. The van der Waals surface area contributed by atoms with Gasteiger partial charge >= 0.3 is 0 Å². The SMILES string of the molecule is CCCCC(C)CC(=O)NC1CCCCC1C(C)=O. The standard InChI is InChI=1S/C16H29NO2/c1-4-5-8-12(2)11-16(19)17-15-10-7-6-9-14(15)13(3)18/h12,14-15H,4-11H2,1-3H3,(H,17,19). The van der Waals surface area contributed by atoms with Crippen molar-refractivity contribution in [2.75, 3.05) is 0 Å². The van der Waals surface area contributed by atoms with Crippen LogP contribution in [-0.2, 0) is 9.59 Å². The summed E-state index contributed by atoms with van der Waals surface area (Å²) in [4.78, 5) is 23.6. The highest BCUT2D eigenvalue weighted by molar-refractivity contribution is 5.81. The fourth-order valence-corrected chi connectivity index (χ4v) is 3.03. The molecule has 1 aliphatic carbocycles. The van der Waals surface area contributed by atoms with Crippen LogP contribution in [0.15, 0.2) is 0 Å². The molecule has 0 spiro atoms. The lowest BCUT2D eigenvalue weighted by Crippen LogP contribution is -2.44. The maximum Gasteiger partial charge on any atom is 0.220 e. The molecule has 0 aromatic carbocycles. The van der Waals surface area contributed by atoms with Gasteiger partial charge in [-0.25, -0.2) is 0 Å². The number of hydrogen-bond acceptors (Lipinski definition) is 2. The van der Waals surface area contributed by atoms with Gasteiger partial charge in [0.25, 0.3) is 0 Å². The molecule has 0 heterocycles. The van der Waals surface area contributed by atoms with E-state index < -0.39 is 0 Å². The predicted octanol–water partition coefficient (Wildman–Crippen LogP) is 3.47. The van der Waals surface area contributed by atoms with Crippen LogP contribution in [0.1, 0.15) is 72.1 Å². The highest BCUT2D eigenvalue weighted by Gasteiger charge is 2.29. The second-order valence-electron chi connectivity index (χ2n) is 6.13. The lowest BCUT2D eigenvalue weighted by atomic mass is 9.82. The summed E-state index contributed by atoms with van der Waals surface area (Å²) >= 11 is 0. The maximum absolute atomic E-state index is 12.0. The summed E-state index contributed by atoms with van der Waals surface area (Å²) in [5.41, 5.74) is 0. The topological polar surface area (TPSA) is 46.2 Å². The van der Waals surface area contributed by atoms with Gasteiger partial charge < -0.3 is 5.32 Å². The van der Waals surface area contributed by atoms with Gasteiger partial charge in [0.1, 0.15) is 5.78 Å². The smallest absolute Gasteiger partial charge is 0.220 e. The van der Waals surface area contributed by atoms with Crippen molar-refractivity contribution in [1.82, 2.24) is 5.32 Å². The predicted molar refractivity (Wildman–Crippen MR) is 77.9 cm³/mol. The molecule has 1 N–H and O–H groups in total. The molecule has 3 atom stereocenters. The third-order valence-electron chi connectivity index (χ3n) is 4.22. The first-order valence-corrected chi connectivity index (χ1v) is 7.84. The van der Waals surface area contributed by atoms with E-state index in [1.165, 1.54) is 12.8 Å². The molecular formula is C16H29NO2. The number of rotatable bonds is 7. The Morgan fingerprint density at radius 2 is 1.95 bits per heavy atom. The van der Waals surface area contributed by atoms with E-state index in [0.29, 0.717) is 12.3 Å². The molecule has 19 heavy (non-hydrogen) atoms. The van der Waals surface area contributed by atoms with Crippen LogP contribution in [0.2, 0.25) is 0 Å². The van der Waals surface area contributed by atoms with E-state index in [1.807, 2.05) is 0 Å². The highest BCUT2D eigenvalue weighted by atomic mass is 16.2. The summed E-state index contributed by atoms with van der Waals surface area (Å²) < 4.78 is 0. The van der Waals surface area contributed by atoms with E-state index in [-0.39, 0.29) is 23.7 Å². The van der Waals surface area contributed by atoms with Crippen molar-refractivity contribution < 1.29 is 9.59 Å². The van der Waals surface area contributed by atoms with Crippen LogP contribution in [0.5, 0.6) is 0 Å². The minimum atomic E-state index is 0.0450. The minimum Gasteiger partial charge on any atom is -0.353 e. The lowest BCUT2D eigenvalue weighted by Gasteiger charge is -2.30. The van der Waals surface area contributed by atoms with Gasteiger partial charge in [-0.05, 0) is 25.7 Å². The fraction of sp³-hybridized carbons (Fsp3) is 0.875. The Morgan fingerprint density at radius 1 is 1.26 bits per heavy atom. The van der Waals surface area contributed by atoms with E-state index in [9.17, 15) is 9.59 Å². The fourth-order valence-electron chi connectivity index (χ4n) is 3.03. The molecule has 1 saturated carbocycles. The number of carbonyl (C=O) groups excluding carboxylic acids is 2. The van der Waals surface area contributed by atoms with Crippen LogP contribution in [0.4, 0.5) is 0 Å². The number of nitrogens with one attached hydrogen (secondary N) is 1. The van der Waals surface area contributed by atoms with E-state index in [2.05, 4.69) is 19.2 Å². The third-order valence-corrected chi connectivity index (χ3v) is 4.22. The van der Waals surface area contributed by atoms with Crippen molar-refractivity contribution in [3.8, 4) is 0 Å². The van der Waals surface area contributed by atoms with Gasteiger partial charge in [-0.3, -0.25) is 9.59 Å². The van der Waals surface area contributed by atoms with Gasteiger partial charge in [-0.2, -0.15) is 0 Å². The molecular weight excluding hydrogens is 238 g/mol. The van der Waals surface area contributed by atoms with Crippen LogP contribution >= 0.6 is 0 Å². The largest absolute Gasteiger partial charge is 0.353 e. The van der Waals surface area contributed by atoms with E-state index in [0.717, 1.165) is 32.1 Å².